The Morgan fingerprint density at radius 3 is 2.53 bits per heavy atom. The number of nitrogens with zero attached hydrogens (tertiary/aromatic N) is 2. The summed E-state index contributed by atoms with van der Waals surface area (Å²) in [5.41, 5.74) is 0.752. The molecule has 5 heteroatoms. The van der Waals surface area contributed by atoms with Gasteiger partial charge in [0.2, 0.25) is 0 Å². The SMILES string of the molecule is CCC(C)c1nc(N2CC(C)C(C)C2)sc1C(=O)O. The van der Waals surface area contributed by atoms with E-state index in [0.29, 0.717) is 16.7 Å². The molecule has 1 N–H and O–H groups in total. The topological polar surface area (TPSA) is 53.4 Å². The Morgan fingerprint density at radius 2 is 2.05 bits per heavy atom. The van der Waals surface area contributed by atoms with E-state index in [1.165, 1.54) is 11.3 Å². The molecule has 0 aliphatic carbocycles. The first-order valence-electron chi connectivity index (χ1n) is 6.93. The van der Waals surface area contributed by atoms with Crippen LogP contribution < -0.4 is 4.90 Å². The molecule has 0 bridgehead atoms. The second kappa shape index (κ2) is 5.49. The van der Waals surface area contributed by atoms with E-state index < -0.39 is 5.97 Å². The Hall–Kier alpha value is -1.10. The zero-order chi connectivity index (χ0) is 14.2. The maximum atomic E-state index is 11.4. The molecule has 0 amide bonds. The van der Waals surface area contributed by atoms with Crippen molar-refractivity contribution in [1.29, 1.82) is 0 Å². The minimum Gasteiger partial charge on any atom is -0.477 e. The minimum atomic E-state index is -0.848. The molecule has 1 aromatic rings. The Morgan fingerprint density at radius 1 is 1.47 bits per heavy atom. The van der Waals surface area contributed by atoms with Gasteiger partial charge >= 0.3 is 5.97 Å². The Labute approximate surface area is 118 Å². The lowest BCUT2D eigenvalue weighted by Crippen LogP contribution is -2.19. The molecule has 106 valence electrons. The van der Waals surface area contributed by atoms with Gasteiger partial charge in [-0.2, -0.15) is 0 Å². The van der Waals surface area contributed by atoms with Crippen LogP contribution in [0.2, 0.25) is 0 Å². The van der Waals surface area contributed by atoms with E-state index in [9.17, 15) is 9.90 Å². The fourth-order valence-electron chi connectivity index (χ4n) is 2.42. The number of rotatable bonds is 4. The first-order chi connectivity index (χ1) is 8.93. The van der Waals surface area contributed by atoms with Crippen molar-refractivity contribution < 1.29 is 9.90 Å². The van der Waals surface area contributed by atoms with Crippen molar-refractivity contribution in [2.45, 2.75) is 40.0 Å². The molecule has 0 spiro atoms. The van der Waals surface area contributed by atoms with Crippen LogP contribution in [0.4, 0.5) is 5.13 Å². The van der Waals surface area contributed by atoms with Gasteiger partial charge in [-0.05, 0) is 24.2 Å². The van der Waals surface area contributed by atoms with Gasteiger partial charge in [-0.25, -0.2) is 9.78 Å². The predicted octanol–water partition coefficient (Wildman–Crippen LogP) is 3.45. The normalized spacial score (nSPS) is 24.7. The number of carbonyl (C=O) groups is 1. The molecule has 3 atom stereocenters. The molecule has 1 aliphatic rings. The van der Waals surface area contributed by atoms with Crippen LogP contribution in [0.15, 0.2) is 0 Å². The summed E-state index contributed by atoms with van der Waals surface area (Å²) in [4.78, 5) is 18.6. The summed E-state index contributed by atoms with van der Waals surface area (Å²) in [5.74, 6) is 0.640. The number of aromatic carboxylic acids is 1. The number of thiazole rings is 1. The van der Waals surface area contributed by atoms with Gasteiger partial charge < -0.3 is 10.0 Å². The highest BCUT2D eigenvalue weighted by Gasteiger charge is 2.30. The van der Waals surface area contributed by atoms with Crippen LogP contribution >= 0.6 is 11.3 Å². The van der Waals surface area contributed by atoms with Gasteiger partial charge in [-0.3, -0.25) is 0 Å². The summed E-state index contributed by atoms with van der Waals surface area (Å²) in [5, 5.41) is 10.2. The van der Waals surface area contributed by atoms with Crippen molar-refractivity contribution in [2.75, 3.05) is 18.0 Å². The van der Waals surface area contributed by atoms with E-state index in [0.717, 1.165) is 30.3 Å². The van der Waals surface area contributed by atoms with Crippen LogP contribution in [0, 0.1) is 11.8 Å². The largest absolute Gasteiger partial charge is 0.477 e. The number of carboxylic acid groups (broad SMARTS) is 1. The summed E-state index contributed by atoms with van der Waals surface area (Å²) in [6.45, 7) is 10.6. The lowest BCUT2D eigenvalue weighted by atomic mass is 10.0. The second-order valence-electron chi connectivity index (χ2n) is 5.68. The number of anilines is 1. The molecule has 1 aromatic heterocycles. The van der Waals surface area contributed by atoms with Crippen LogP contribution in [0.3, 0.4) is 0 Å². The molecule has 19 heavy (non-hydrogen) atoms. The van der Waals surface area contributed by atoms with Gasteiger partial charge in [0, 0.05) is 13.1 Å². The Kier molecular flexibility index (Phi) is 4.13. The molecule has 1 fully saturated rings. The standard InChI is InChI=1S/C14H22N2O2S/c1-5-8(2)11-12(13(17)18)19-14(15-11)16-6-9(3)10(4)7-16/h8-10H,5-7H2,1-4H3,(H,17,18). The molecular weight excluding hydrogens is 260 g/mol. The van der Waals surface area contributed by atoms with Gasteiger partial charge in [0.1, 0.15) is 4.88 Å². The minimum absolute atomic E-state index is 0.202. The first kappa shape index (κ1) is 14.3. The van der Waals surface area contributed by atoms with E-state index in [2.05, 4.69) is 30.7 Å². The summed E-state index contributed by atoms with van der Waals surface area (Å²) in [6.07, 6.45) is 0.913. The molecular formula is C14H22N2O2S. The highest BCUT2D eigenvalue weighted by molar-refractivity contribution is 7.17. The second-order valence-corrected chi connectivity index (χ2v) is 6.66. The average Bonchev–Trinajstić information content (AvgIpc) is 2.93. The maximum Gasteiger partial charge on any atom is 0.347 e. The Balaban J connectivity index is 2.30. The quantitative estimate of drug-likeness (QED) is 0.919. The van der Waals surface area contributed by atoms with Gasteiger partial charge in [0.15, 0.2) is 5.13 Å². The smallest absolute Gasteiger partial charge is 0.347 e. The number of aromatic nitrogens is 1. The van der Waals surface area contributed by atoms with Crippen molar-refractivity contribution in [3.63, 3.8) is 0 Å². The monoisotopic (exact) mass is 282 g/mol. The fraction of sp³-hybridized carbons (Fsp3) is 0.714. The van der Waals surface area contributed by atoms with Crippen molar-refractivity contribution in [2.24, 2.45) is 11.8 Å². The van der Waals surface area contributed by atoms with Crippen molar-refractivity contribution in [3.05, 3.63) is 10.6 Å². The van der Waals surface area contributed by atoms with E-state index in [1.807, 2.05) is 6.92 Å². The lowest BCUT2D eigenvalue weighted by molar-refractivity contribution is 0.0700. The molecule has 0 radical (unpaired) electrons. The van der Waals surface area contributed by atoms with Crippen LogP contribution in [-0.2, 0) is 0 Å². The molecule has 3 unspecified atom stereocenters. The fourth-order valence-corrected chi connectivity index (χ4v) is 3.47. The number of hydrogen-bond donors (Lipinski definition) is 1. The third kappa shape index (κ3) is 2.76. The third-order valence-electron chi connectivity index (χ3n) is 4.17. The first-order valence-corrected chi connectivity index (χ1v) is 7.74. The summed E-state index contributed by atoms with van der Waals surface area (Å²) in [7, 11) is 0. The van der Waals surface area contributed by atoms with Gasteiger partial charge in [-0.15, -0.1) is 0 Å². The van der Waals surface area contributed by atoms with E-state index >= 15 is 0 Å². The molecule has 1 saturated heterocycles. The maximum absolute atomic E-state index is 11.4. The molecule has 0 saturated carbocycles. The molecule has 4 nitrogen and oxygen atoms in total. The molecule has 1 aliphatic heterocycles. The van der Waals surface area contributed by atoms with E-state index in [-0.39, 0.29) is 5.92 Å². The summed E-state index contributed by atoms with van der Waals surface area (Å²) >= 11 is 1.33. The van der Waals surface area contributed by atoms with Crippen molar-refractivity contribution in [1.82, 2.24) is 4.98 Å². The molecule has 2 rings (SSSR count). The van der Waals surface area contributed by atoms with Gasteiger partial charge in [0.05, 0.1) is 5.69 Å². The third-order valence-corrected chi connectivity index (χ3v) is 5.29. The number of carboxylic acids is 1. The highest BCUT2D eigenvalue weighted by atomic mass is 32.1. The van der Waals surface area contributed by atoms with E-state index in [1.54, 1.807) is 0 Å². The van der Waals surface area contributed by atoms with Crippen LogP contribution in [0.5, 0.6) is 0 Å². The predicted molar refractivity (Wildman–Crippen MR) is 78.3 cm³/mol. The van der Waals surface area contributed by atoms with Crippen LogP contribution in [-0.4, -0.2) is 29.1 Å². The zero-order valence-electron chi connectivity index (χ0n) is 12.0. The van der Waals surface area contributed by atoms with Gasteiger partial charge in [0.25, 0.3) is 0 Å². The summed E-state index contributed by atoms with van der Waals surface area (Å²) in [6, 6.07) is 0. The zero-order valence-corrected chi connectivity index (χ0v) is 12.8. The lowest BCUT2D eigenvalue weighted by Gasteiger charge is -2.13. The number of hydrogen-bond acceptors (Lipinski definition) is 4. The average molecular weight is 282 g/mol. The van der Waals surface area contributed by atoms with Crippen molar-refractivity contribution >= 4 is 22.4 Å². The van der Waals surface area contributed by atoms with E-state index in [4.69, 9.17) is 0 Å². The van der Waals surface area contributed by atoms with Gasteiger partial charge in [-0.1, -0.05) is 39.0 Å². The van der Waals surface area contributed by atoms with Crippen molar-refractivity contribution in [3.8, 4) is 0 Å². The molecule has 2 heterocycles. The van der Waals surface area contributed by atoms with Crippen LogP contribution in [0.1, 0.15) is 55.4 Å². The molecule has 0 aromatic carbocycles. The van der Waals surface area contributed by atoms with Crippen LogP contribution in [0.25, 0.3) is 0 Å². The summed E-state index contributed by atoms with van der Waals surface area (Å²) < 4.78 is 0. The Bertz CT molecular complexity index is 462. The highest BCUT2D eigenvalue weighted by Crippen LogP contribution is 2.35.